The SMILES string of the molecule is O=C(CCSc1nc(O)cc(=O)[nH]1)Nc1cccnc1. The van der Waals surface area contributed by atoms with E-state index in [1.54, 1.807) is 24.5 Å². The van der Waals surface area contributed by atoms with Gasteiger partial charge in [-0.1, -0.05) is 11.8 Å². The van der Waals surface area contributed by atoms with Gasteiger partial charge in [0.25, 0.3) is 5.56 Å². The van der Waals surface area contributed by atoms with Gasteiger partial charge in [0, 0.05) is 18.4 Å². The fourth-order valence-electron chi connectivity index (χ4n) is 1.39. The van der Waals surface area contributed by atoms with E-state index in [0.29, 0.717) is 11.4 Å². The Morgan fingerprint density at radius 2 is 2.35 bits per heavy atom. The van der Waals surface area contributed by atoms with Gasteiger partial charge in [0.1, 0.15) is 0 Å². The van der Waals surface area contributed by atoms with E-state index in [1.165, 1.54) is 11.8 Å². The van der Waals surface area contributed by atoms with Crippen molar-refractivity contribution >= 4 is 23.4 Å². The molecule has 2 aromatic rings. The average molecular weight is 292 g/mol. The quantitative estimate of drug-likeness (QED) is 0.560. The zero-order valence-corrected chi connectivity index (χ0v) is 11.2. The summed E-state index contributed by atoms with van der Waals surface area (Å²) in [5, 5.41) is 12.1. The van der Waals surface area contributed by atoms with Gasteiger partial charge in [0.2, 0.25) is 11.8 Å². The molecule has 0 aliphatic rings. The van der Waals surface area contributed by atoms with E-state index >= 15 is 0 Å². The standard InChI is InChI=1S/C12H12N4O3S/c17-9(14-8-2-1-4-13-7-8)3-5-20-12-15-10(18)6-11(19)16-12/h1-2,4,6-7H,3,5H2,(H,14,17)(H2,15,16,18,19). The van der Waals surface area contributed by atoms with Gasteiger partial charge in [-0.3, -0.25) is 14.6 Å². The molecule has 0 aliphatic heterocycles. The lowest BCUT2D eigenvalue weighted by Crippen LogP contribution is -2.12. The van der Waals surface area contributed by atoms with E-state index in [4.69, 9.17) is 5.11 Å². The molecule has 2 aromatic heterocycles. The largest absolute Gasteiger partial charge is 0.493 e. The molecule has 20 heavy (non-hydrogen) atoms. The Morgan fingerprint density at radius 3 is 3.05 bits per heavy atom. The fourth-order valence-corrected chi connectivity index (χ4v) is 2.20. The van der Waals surface area contributed by atoms with Crippen LogP contribution in [0.4, 0.5) is 5.69 Å². The maximum Gasteiger partial charge on any atom is 0.255 e. The summed E-state index contributed by atoms with van der Waals surface area (Å²) in [6.07, 6.45) is 3.42. The first-order valence-electron chi connectivity index (χ1n) is 5.76. The minimum atomic E-state index is -0.431. The molecule has 0 aliphatic carbocycles. The Labute approximate surface area is 118 Å². The minimum Gasteiger partial charge on any atom is -0.493 e. The molecule has 0 saturated heterocycles. The van der Waals surface area contributed by atoms with E-state index in [2.05, 4.69) is 20.3 Å². The van der Waals surface area contributed by atoms with Crippen molar-refractivity contribution in [2.75, 3.05) is 11.1 Å². The fraction of sp³-hybridized carbons (Fsp3) is 0.167. The van der Waals surface area contributed by atoms with Gasteiger partial charge in [-0.25, -0.2) is 0 Å². The van der Waals surface area contributed by atoms with E-state index in [-0.39, 0.29) is 23.4 Å². The van der Waals surface area contributed by atoms with E-state index in [1.807, 2.05) is 0 Å². The number of carbonyl (C=O) groups excluding carboxylic acids is 1. The highest BCUT2D eigenvalue weighted by atomic mass is 32.2. The number of hydrogen-bond acceptors (Lipinski definition) is 6. The second-order valence-electron chi connectivity index (χ2n) is 3.80. The van der Waals surface area contributed by atoms with Crippen molar-refractivity contribution in [1.82, 2.24) is 15.0 Å². The Balaban J connectivity index is 1.81. The summed E-state index contributed by atoms with van der Waals surface area (Å²) >= 11 is 1.18. The molecule has 0 aromatic carbocycles. The summed E-state index contributed by atoms with van der Waals surface area (Å²) in [5.41, 5.74) is 0.200. The molecule has 0 atom stereocenters. The van der Waals surface area contributed by atoms with Gasteiger partial charge in [-0.2, -0.15) is 4.98 Å². The van der Waals surface area contributed by atoms with Crippen molar-refractivity contribution in [3.63, 3.8) is 0 Å². The molecule has 0 fully saturated rings. The molecule has 0 unspecified atom stereocenters. The van der Waals surface area contributed by atoms with Gasteiger partial charge >= 0.3 is 0 Å². The van der Waals surface area contributed by atoms with Crippen molar-refractivity contribution in [3.8, 4) is 5.88 Å². The second-order valence-corrected chi connectivity index (χ2v) is 4.88. The summed E-state index contributed by atoms with van der Waals surface area (Å²) in [5.74, 6) is -0.0672. The summed E-state index contributed by atoms with van der Waals surface area (Å²) in [6.45, 7) is 0. The number of nitrogens with one attached hydrogen (secondary N) is 2. The topological polar surface area (TPSA) is 108 Å². The average Bonchev–Trinajstić information content (AvgIpc) is 2.38. The molecule has 1 amide bonds. The van der Waals surface area contributed by atoms with Crippen LogP contribution < -0.4 is 10.9 Å². The van der Waals surface area contributed by atoms with Crippen LogP contribution in [0.3, 0.4) is 0 Å². The predicted octanol–water partition coefficient (Wildman–Crippen LogP) is 0.991. The Morgan fingerprint density at radius 1 is 1.50 bits per heavy atom. The molecule has 3 N–H and O–H groups in total. The van der Waals surface area contributed by atoms with Gasteiger partial charge < -0.3 is 15.4 Å². The molecule has 2 heterocycles. The number of aromatic amines is 1. The maximum atomic E-state index is 11.6. The minimum absolute atomic E-state index is 0.159. The van der Waals surface area contributed by atoms with Gasteiger partial charge in [-0.15, -0.1) is 0 Å². The first-order chi connectivity index (χ1) is 9.63. The number of carbonyl (C=O) groups is 1. The lowest BCUT2D eigenvalue weighted by molar-refractivity contribution is -0.115. The molecule has 0 radical (unpaired) electrons. The van der Waals surface area contributed by atoms with Crippen molar-refractivity contribution in [3.05, 3.63) is 40.9 Å². The molecule has 104 valence electrons. The molecule has 7 nitrogen and oxygen atoms in total. The summed E-state index contributed by atoms with van der Waals surface area (Å²) in [4.78, 5) is 32.8. The first-order valence-corrected chi connectivity index (χ1v) is 6.75. The predicted molar refractivity (Wildman–Crippen MR) is 74.7 cm³/mol. The number of hydrogen-bond donors (Lipinski definition) is 3. The van der Waals surface area contributed by atoms with Crippen LogP contribution >= 0.6 is 11.8 Å². The number of anilines is 1. The van der Waals surface area contributed by atoms with E-state index in [0.717, 1.165) is 6.07 Å². The second kappa shape index (κ2) is 6.71. The van der Waals surface area contributed by atoms with E-state index in [9.17, 15) is 9.59 Å². The monoisotopic (exact) mass is 292 g/mol. The highest BCUT2D eigenvalue weighted by molar-refractivity contribution is 7.99. The van der Waals surface area contributed by atoms with Crippen molar-refractivity contribution in [2.24, 2.45) is 0 Å². The van der Waals surface area contributed by atoms with Crippen molar-refractivity contribution in [1.29, 1.82) is 0 Å². The number of rotatable bonds is 5. The van der Waals surface area contributed by atoms with Crippen molar-refractivity contribution < 1.29 is 9.90 Å². The number of aromatic hydroxyl groups is 1. The van der Waals surface area contributed by atoms with Crippen LogP contribution in [0.1, 0.15) is 6.42 Å². The van der Waals surface area contributed by atoms with Crippen LogP contribution in [0.25, 0.3) is 0 Å². The number of amides is 1. The van der Waals surface area contributed by atoms with Crippen LogP contribution in [0, 0.1) is 0 Å². The number of nitrogens with zero attached hydrogens (tertiary/aromatic N) is 2. The maximum absolute atomic E-state index is 11.6. The highest BCUT2D eigenvalue weighted by Gasteiger charge is 2.05. The Hall–Kier alpha value is -2.35. The van der Waals surface area contributed by atoms with Crippen LogP contribution in [0.2, 0.25) is 0 Å². The third-order valence-corrected chi connectivity index (χ3v) is 3.09. The third-order valence-electron chi connectivity index (χ3n) is 2.22. The van der Waals surface area contributed by atoms with E-state index < -0.39 is 5.56 Å². The first kappa shape index (κ1) is 14.1. The highest BCUT2D eigenvalue weighted by Crippen LogP contribution is 2.14. The third kappa shape index (κ3) is 4.39. The Kier molecular flexibility index (Phi) is 4.72. The number of aromatic nitrogens is 3. The zero-order chi connectivity index (χ0) is 14.4. The lowest BCUT2D eigenvalue weighted by atomic mass is 10.4. The van der Waals surface area contributed by atoms with Gasteiger partial charge in [0.05, 0.1) is 18.0 Å². The zero-order valence-electron chi connectivity index (χ0n) is 10.4. The van der Waals surface area contributed by atoms with Crippen LogP contribution in [0.5, 0.6) is 5.88 Å². The van der Waals surface area contributed by atoms with Crippen LogP contribution in [-0.4, -0.2) is 31.7 Å². The normalized spacial score (nSPS) is 10.2. The van der Waals surface area contributed by atoms with Crippen LogP contribution in [0.15, 0.2) is 40.5 Å². The van der Waals surface area contributed by atoms with Crippen molar-refractivity contribution in [2.45, 2.75) is 11.6 Å². The van der Waals surface area contributed by atoms with Gasteiger partial charge in [0.15, 0.2) is 5.16 Å². The molecule has 0 bridgehead atoms. The lowest BCUT2D eigenvalue weighted by Gasteiger charge is -2.04. The number of pyridine rings is 1. The molecular formula is C12H12N4O3S. The Bertz CT molecular complexity index is 645. The molecule has 2 rings (SSSR count). The summed E-state index contributed by atoms with van der Waals surface area (Å²) < 4.78 is 0. The van der Waals surface area contributed by atoms with Gasteiger partial charge in [-0.05, 0) is 12.1 Å². The molecular weight excluding hydrogens is 280 g/mol. The number of H-pyrrole nitrogens is 1. The smallest absolute Gasteiger partial charge is 0.255 e. The summed E-state index contributed by atoms with van der Waals surface area (Å²) in [6, 6.07) is 4.46. The molecule has 0 spiro atoms. The molecule has 8 heteroatoms. The number of thioether (sulfide) groups is 1. The molecule has 0 saturated carbocycles. The summed E-state index contributed by atoms with van der Waals surface area (Å²) in [7, 11) is 0. The van der Waals surface area contributed by atoms with Crippen LogP contribution in [-0.2, 0) is 4.79 Å².